The molecule has 1 amide bonds. The summed E-state index contributed by atoms with van der Waals surface area (Å²) in [4.78, 5) is 25.3. The largest absolute Gasteiger partial charge is 0.353 e. The molecule has 0 bridgehead atoms. The van der Waals surface area contributed by atoms with Gasteiger partial charge >= 0.3 is 0 Å². The van der Waals surface area contributed by atoms with Gasteiger partial charge in [-0.15, -0.1) is 0 Å². The molecule has 1 fully saturated rings. The number of rotatable bonds is 4. The fraction of sp³-hybridized carbons (Fsp3) is 0.389. The molecular weight excluding hydrogens is 302 g/mol. The number of nitrogens with one attached hydrogen (secondary N) is 1. The van der Waals surface area contributed by atoms with E-state index in [0.29, 0.717) is 12.2 Å². The van der Waals surface area contributed by atoms with Crippen molar-refractivity contribution in [3.8, 4) is 0 Å². The third kappa shape index (κ3) is 4.08. The van der Waals surface area contributed by atoms with E-state index in [1.807, 2.05) is 31.2 Å². The quantitative estimate of drug-likeness (QED) is 0.922. The van der Waals surface area contributed by atoms with Crippen molar-refractivity contribution in [3.63, 3.8) is 0 Å². The summed E-state index contributed by atoms with van der Waals surface area (Å²) in [6, 6.07) is 8.09. The Kier molecular flexibility index (Phi) is 5.05. The predicted molar refractivity (Wildman–Crippen MR) is 94.1 cm³/mol. The maximum absolute atomic E-state index is 12.2. The number of aromatic nitrogens is 2. The molecule has 1 aliphatic rings. The third-order valence-electron chi connectivity index (χ3n) is 4.27. The maximum Gasteiger partial charge on any atom is 0.271 e. The molecule has 24 heavy (non-hydrogen) atoms. The van der Waals surface area contributed by atoms with Crippen molar-refractivity contribution in [2.75, 3.05) is 38.1 Å². The first-order chi connectivity index (χ1) is 11.6. The van der Waals surface area contributed by atoms with Crippen LogP contribution in [0.2, 0.25) is 0 Å². The standard InChI is InChI=1S/C18H23N5O/c1-14-3-5-15(6-4-14)11-21-18(24)16-12-20-17(13-19-16)23-9-7-22(2)8-10-23/h3-6,12-13H,7-11H2,1-2H3,(H,21,24). The van der Waals surface area contributed by atoms with Crippen LogP contribution in [-0.2, 0) is 6.54 Å². The van der Waals surface area contributed by atoms with Crippen molar-refractivity contribution in [2.45, 2.75) is 13.5 Å². The molecule has 0 radical (unpaired) electrons. The van der Waals surface area contributed by atoms with E-state index in [1.54, 1.807) is 12.4 Å². The summed E-state index contributed by atoms with van der Waals surface area (Å²) in [5, 5.41) is 2.88. The first-order valence-corrected chi connectivity index (χ1v) is 8.21. The van der Waals surface area contributed by atoms with E-state index in [0.717, 1.165) is 37.6 Å². The molecule has 0 aliphatic carbocycles. The zero-order valence-electron chi connectivity index (χ0n) is 14.2. The Hall–Kier alpha value is -2.47. The lowest BCUT2D eigenvalue weighted by Gasteiger charge is -2.32. The van der Waals surface area contributed by atoms with Crippen LogP contribution in [0.5, 0.6) is 0 Å². The van der Waals surface area contributed by atoms with E-state index in [1.165, 1.54) is 5.56 Å². The molecule has 1 aliphatic heterocycles. The molecule has 126 valence electrons. The molecule has 0 spiro atoms. The van der Waals surface area contributed by atoms with Crippen LogP contribution >= 0.6 is 0 Å². The number of amides is 1. The van der Waals surface area contributed by atoms with Crippen LogP contribution in [0.4, 0.5) is 5.82 Å². The van der Waals surface area contributed by atoms with Crippen molar-refractivity contribution in [1.29, 1.82) is 0 Å². The highest BCUT2D eigenvalue weighted by molar-refractivity contribution is 5.91. The summed E-state index contributed by atoms with van der Waals surface area (Å²) in [5.74, 6) is 0.631. The Morgan fingerprint density at radius 3 is 2.42 bits per heavy atom. The van der Waals surface area contributed by atoms with Crippen molar-refractivity contribution in [2.24, 2.45) is 0 Å². The molecule has 2 heterocycles. The molecule has 6 heteroatoms. The van der Waals surface area contributed by atoms with E-state index in [4.69, 9.17) is 0 Å². The minimum Gasteiger partial charge on any atom is -0.353 e. The summed E-state index contributed by atoms with van der Waals surface area (Å²) < 4.78 is 0. The van der Waals surface area contributed by atoms with Crippen LogP contribution in [0.1, 0.15) is 21.6 Å². The monoisotopic (exact) mass is 325 g/mol. The smallest absolute Gasteiger partial charge is 0.271 e. The topological polar surface area (TPSA) is 61.4 Å². The van der Waals surface area contributed by atoms with Gasteiger partial charge in [0.15, 0.2) is 0 Å². The lowest BCUT2D eigenvalue weighted by molar-refractivity contribution is 0.0945. The second kappa shape index (κ2) is 7.40. The highest BCUT2D eigenvalue weighted by atomic mass is 16.1. The second-order valence-electron chi connectivity index (χ2n) is 6.22. The lowest BCUT2D eigenvalue weighted by atomic mass is 10.1. The molecule has 1 aromatic heterocycles. The van der Waals surface area contributed by atoms with Gasteiger partial charge in [-0.3, -0.25) is 4.79 Å². The van der Waals surface area contributed by atoms with Gasteiger partial charge in [-0.25, -0.2) is 9.97 Å². The first-order valence-electron chi connectivity index (χ1n) is 8.21. The number of anilines is 1. The van der Waals surface area contributed by atoms with E-state index in [2.05, 4.69) is 32.1 Å². The second-order valence-corrected chi connectivity index (χ2v) is 6.22. The number of benzene rings is 1. The van der Waals surface area contributed by atoms with Gasteiger partial charge in [0.1, 0.15) is 11.5 Å². The fourth-order valence-electron chi connectivity index (χ4n) is 2.62. The van der Waals surface area contributed by atoms with Gasteiger partial charge in [0.25, 0.3) is 5.91 Å². The average Bonchev–Trinajstić information content (AvgIpc) is 2.62. The van der Waals surface area contributed by atoms with Crippen LogP contribution in [0.25, 0.3) is 0 Å². The Morgan fingerprint density at radius 2 is 1.79 bits per heavy atom. The number of aryl methyl sites for hydroxylation is 1. The number of likely N-dealkylation sites (N-methyl/N-ethyl adjacent to an activating group) is 1. The highest BCUT2D eigenvalue weighted by Crippen LogP contribution is 2.11. The van der Waals surface area contributed by atoms with Crippen LogP contribution in [0, 0.1) is 6.92 Å². The Morgan fingerprint density at radius 1 is 1.08 bits per heavy atom. The van der Waals surface area contributed by atoms with Gasteiger partial charge < -0.3 is 15.1 Å². The lowest BCUT2D eigenvalue weighted by Crippen LogP contribution is -2.44. The minimum absolute atomic E-state index is 0.201. The summed E-state index contributed by atoms with van der Waals surface area (Å²) >= 11 is 0. The normalized spacial score (nSPS) is 15.3. The van der Waals surface area contributed by atoms with Gasteiger partial charge in [-0.05, 0) is 19.5 Å². The third-order valence-corrected chi connectivity index (χ3v) is 4.27. The molecule has 0 atom stereocenters. The predicted octanol–water partition coefficient (Wildman–Crippen LogP) is 1.47. The van der Waals surface area contributed by atoms with E-state index >= 15 is 0 Å². The maximum atomic E-state index is 12.2. The number of hydrogen-bond donors (Lipinski definition) is 1. The molecule has 0 unspecified atom stereocenters. The van der Waals surface area contributed by atoms with Gasteiger partial charge in [0.2, 0.25) is 0 Å². The molecule has 2 aromatic rings. The van der Waals surface area contributed by atoms with Crippen molar-refractivity contribution in [3.05, 3.63) is 53.5 Å². The van der Waals surface area contributed by atoms with Crippen molar-refractivity contribution >= 4 is 11.7 Å². The molecular formula is C18H23N5O. The number of nitrogens with zero attached hydrogens (tertiary/aromatic N) is 4. The van der Waals surface area contributed by atoms with Gasteiger partial charge in [0.05, 0.1) is 12.4 Å². The number of carbonyl (C=O) groups excluding carboxylic acids is 1. The average molecular weight is 325 g/mol. The molecule has 1 saturated heterocycles. The van der Waals surface area contributed by atoms with Crippen LogP contribution in [0.15, 0.2) is 36.7 Å². The molecule has 0 saturated carbocycles. The zero-order valence-corrected chi connectivity index (χ0v) is 14.2. The molecule has 1 aromatic carbocycles. The van der Waals surface area contributed by atoms with Crippen LogP contribution in [-0.4, -0.2) is 54.0 Å². The minimum atomic E-state index is -0.201. The highest BCUT2D eigenvalue weighted by Gasteiger charge is 2.16. The van der Waals surface area contributed by atoms with Gasteiger partial charge in [0, 0.05) is 32.7 Å². The number of hydrogen-bond acceptors (Lipinski definition) is 5. The first kappa shape index (κ1) is 16.4. The summed E-state index contributed by atoms with van der Waals surface area (Å²) in [7, 11) is 2.12. The summed E-state index contributed by atoms with van der Waals surface area (Å²) in [6.45, 7) is 6.43. The fourth-order valence-corrected chi connectivity index (χ4v) is 2.62. The Balaban J connectivity index is 1.56. The van der Waals surface area contributed by atoms with E-state index in [9.17, 15) is 4.79 Å². The SMILES string of the molecule is Cc1ccc(CNC(=O)c2cnc(N3CCN(C)CC3)cn2)cc1. The van der Waals surface area contributed by atoms with Gasteiger partial charge in [-0.2, -0.15) is 0 Å². The van der Waals surface area contributed by atoms with Crippen molar-refractivity contribution < 1.29 is 4.79 Å². The summed E-state index contributed by atoms with van der Waals surface area (Å²) in [5.41, 5.74) is 2.62. The van der Waals surface area contributed by atoms with E-state index in [-0.39, 0.29) is 5.91 Å². The van der Waals surface area contributed by atoms with E-state index < -0.39 is 0 Å². The molecule has 6 nitrogen and oxygen atoms in total. The Bertz CT molecular complexity index is 676. The summed E-state index contributed by atoms with van der Waals surface area (Å²) in [6.07, 6.45) is 3.24. The van der Waals surface area contributed by atoms with Gasteiger partial charge in [-0.1, -0.05) is 29.8 Å². The van der Waals surface area contributed by atoms with Crippen molar-refractivity contribution in [1.82, 2.24) is 20.2 Å². The van der Waals surface area contributed by atoms with Crippen LogP contribution in [0.3, 0.4) is 0 Å². The zero-order chi connectivity index (χ0) is 16.9. The van der Waals surface area contributed by atoms with Crippen LogP contribution < -0.4 is 10.2 Å². The number of carbonyl (C=O) groups is 1. The number of piperazine rings is 1. The molecule has 3 rings (SSSR count). The molecule has 1 N–H and O–H groups in total. The Labute approximate surface area is 142 Å².